The molecule has 0 saturated heterocycles. The quantitative estimate of drug-likeness (QED) is 0.0629. The number of carbonyl (C=O) groups excluding carboxylic acids is 4. The van der Waals surface area contributed by atoms with Crippen LogP contribution in [0.3, 0.4) is 0 Å². The standard InChI is InChI=1S/C31H36N8O5.2C3H8.C2H6O.C2H4.3C2H2/c1-4-12-38(29(41)16-32-20-40)18-27-34-23-10-8-21(14-25(23)36-27)6-7-22-9-11-24-26(15-22)37-28(35-24)19-39(13-5-2)30(42)17-33-31(43)44-3;3*1-3-2;4*1-2/h8-11,14-15,20H,4-5,12-13,16-19H2,1-3H3,(H,32,40)(H,33,43)(H,34,36)(H,35,37);2*3H2,1-2H3;1-2H3;1-2H2;3*1-2H. The van der Waals surface area contributed by atoms with Crippen molar-refractivity contribution in [2.45, 2.75) is 80.3 Å². The number of ether oxygens (including phenoxy) is 2. The largest absolute Gasteiger partial charge is 0.453 e. The number of aromatic amines is 2. The van der Waals surface area contributed by atoms with Gasteiger partial charge in [0, 0.05) is 38.4 Å². The molecule has 332 valence electrons. The van der Waals surface area contributed by atoms with Crippen LogP contribution >= 0.6 is 0 Å². The Balaban J connectivity index is -0.000000837. The van der Waals surface area contributed by atoms with Crippen LogP contribution in [0.1, 0.15) is 90.0 Å². The Labute approximate surface area is 365 Å². The summed E-state index contributed by atoms with van der Waals surface area (Å²) in [6.45, 7) is 19.9. The van der Waals surface area contributed by atoms with E-state index in [4.69, 9.17) is 0 Å². The molecule has 0 atom stereocenters. The molecule has 61 heavy (non-hydrogen) atoms. The number of nitrogens with zero attached hydrogens (tertiary/aromatic N) is 4. The highest BCUT2D eigenvalue weighted by Gasteiger charge is 2.17. The lowest BCUT2D eigenvalue weighted by molar-refractivity contribution is -0.132. The molecule has 14 nitrogen and oxygen atoms in total. The van der Waals surface area contributed by atoms with E-state index in [9.17, 15) is 19.2 Å². The molecule has 14 heteroatoms. The van der Waals surface area contributed by atoms with E-state index in [1.54, 1.807) is 24.0 Å². The van der Waals surface area contributed by atoms with Crippen LogP contribution in [0.5, 0.6) is 0 Å². The number of methoxy groups -OCH3 is 2. The molecule has 4 aromatic rings. The van der Waals surface area contributed by atoms with Gasteiger partial charge in [-0.2, -0.15) is 0 Å². The van der Waals surface area contributed by atoms with Gasteiger partial charge in [0.15, 0.2) is 0 Å². The molecule has 4 N–H and O–H groups in total. The van der Waals surface area contributed by atoms with E-state index in [2.05, 4.69) is 131 Å². The second kappa shape index (κ2) is 41.2. The summed E-state index contributed by atoms with van der Waals surface area (Å²) in [5.41, 5.74) is 4.72. The molecule has 0 fully saturated rings. The van der Waals surface area contributed by atoms with Crippen molar-refractivity contribution in [3.63, 3.8) is 0 Å². The third-order valence-corrected chi connectivity index (χ3v) is 6.69. The van der Waals surface area contributed by atoms with Gasteiger partial charge in [-0.05, 0) is 49.2 Å². The minimum absolute atomic E-state index is 0.0533. The molecule has 4 amide bonds. The van der Waals surface area contributed by atoms with Gasteiger partial charge in [0.2, 0.25) is 18.2 Å². The Hall–Kier alpha value is -7.00. The lowest BCUT2D eigenvalue weighted by atomic mass is 10.1. The van der Waals surface area contributed by atoms with Crippen LogP contribution in [-0.2, 0) is 36.9 Å². The van der Waals surface area contributed by atoms with Crippen LogP contribution < -0.4 is 10.6 Å². The minimum Gasteiger partial charge on any atom is -0.453 e. The van der Waals surface area contributed by atoms with Crippen LogP contribution in [0, 0.1) is 50.4 Å². The van der Waals surface area contributed by atoms with E-state index < -0.39 is 6.09 Å². The minimum atomic E-state index is -0.658. The maximum atomic E-state index is 12.6. The first kappa shape index (κ1) is 60.7. The molecule has 0 radical (unpaired) electrons. The van der Waals surface area contributed by atoms with Crippen molar-refractivity contribution in [2.75, 3.05) is 47.5 Å². The zero-order valence-corrected chi connectivity index (χ0v) is 37.7. The summed E-state index contributed by atoms with van der Waals surface area (Å²) < 4.78 is 8.79. The maximum Gasteiger partial charge on any atom is 0.407 e. The highest BCUT2D eigenvalue weighted by atomic mass is 16.5. The predicted octanol–water partition coefficient (Wildman–Crippen LogP) is 7.06. The summed E-state index contributed by atoms with van der Waals surface area (Å²) >= 11 is 0. The Morgan fingerprint density at radius 2 is 1.07 bits per heavy atom. The van der Waals surface area contributed by atoms with Gasteiger partial charge in [-0.3, -0.25) is 14.4 Å². The summed E-state index contributed by atoms with van der Waals surface area (Å²) in [5, 5.41) is 4.84. The Morgan fingerprint density at radius 1 is 0.705 bits per heavy atom. The van der Waals surface area contributed by atoms with E-state index in [0.717, 1.165) is 46.0 Å². The van der Waals surface area contributed by atoms with Gasteiger partial charge in [-0.1, -0.05) is 66.2 Å². The zero-order valence-electron chi connectivity index (χ0n) is 37.7. The van der Waals surface area contributed by atoms with Gasteiger partial charge in [0.1, 0.15) is 18.2 Å². The number of carbonyl (C=O) groups is 4. The Kier molecular flexibility index (Phi) is 41.0. The first-order chi connectivity index (χ1) is 29.6. The Morgan fingerprint density at radius 3 is 1.39 bits per heavy atom. The fraction of sp³-hybridized carbons (Fsp3) is 0.404. The second-order valence-electron chi connectivity index (χ2n) is 11.9. The fourth-order valence-corrected chi connectivity index (χ4v) is 4.63. The van der Waals surface area contributed by atoms with Crippen LogP contribution in [-0.4, -0.2) is 102 Å². The van der Waals surface area contributed by atoms with Crippen molar-refractivity contribution >= 4 is 46.4 Å². The number of hydrogen-bond acceptors (Lipinski definition) is 8. The molecule has 2 aromatic carbocycles. The van der Waals surface area contributed by atoms with Crippen LogP contribution in [0.2, 0.25) is 0 Å². The summed E-state index contributed by atoms with van der Waals surface area (Å²) in [6, 6.07) is 11.4. The van der Waals surface area contributed by atoms with E-state index in [1.807, 2.05) is 50.2 Å². The monoisotopic (exact) mass is 841 g/mol. The van der Waals surface area contributed by atoms with Crippen molar-refractivity contribution in [3.8, 4) is 50.4 Å². The van der Waals surface area contributed by atoms with E-state index in [1.165, 1.54) is 20.0 Å². The molecule has 2 aromatic heterocycles. The Bertz CT molecular complexity index is 1900. The number of H-pyrrole nitrogens is 2. The van der Waals surface area contributed by atoms with E-state index in [-0.39, 0.29) is 31.4 Å². The molecular formula is C47H68N8O6. The molecule has 0 bridgehead atoms. The van der Waals surface area contributed by atoms with Crippen LogP contribution in [0.4, 0.5) is 4.79 Å². The van der Waals surface area contributed by atoms with Gasteiger partial charge < -0.3 is 39.9 Å². The van der Waals surface area contributed by atoms with E-state index >= 15 is 0 Å². The topological polar surface area (TPSA) is 175 Å². The highest BCUT2D eigenvalue weighted by Crippen LogP contribution is 2.17. The average Bonchev–Trinajstić information content (AvgIpc) is 3.89. The smallest absolute Gasteiger partial charge is 0.407 e. The lowest BCUT2D eigenvalue weighted by Crippen LogP contribution is -2.40. The second-order valence-corrected chi connectivity index (χ2v) is 11.9. The van der Waals surface area contributed by atoms with Gasteiger partial charge in [-0.15, -0.1) is 51.7 Å². The van der Waals surface area contributed by atoms with Gasteiger partial charge >= 0.3 is 6.09 Å². The number of fused-ring (bicyclic) bond motifs is 2. The summed E-state index contributed by atoms with van der Waals surface area (Å²) in [6.07, 6.45) is 27.9. The van der Waals surface area contributed by atoms with Gasteiger partial charge in [0.05, 0.1) is 48.8 Å². The normalized spacial score (nSPS) is 8.70. The SMILES string of the molecule is C#C.C#C.C#C.C=C.CCC.CCC.CCCN(Cc1nc2ccc(C#Cc3ccc4nc(CN(CCC)C(=O)CNC(=O)OC)[nH]c4c3)cc2[nH]1)C(=O)CNC=O.COC. The summed E-state index contributed by atoms with van der Waals surface area (Å²) in [5.74, 6) is 7.26. The maximum absolute atomic E-state index is 12.6. The third-order valence-electron chi connectivity index (χ3n) is 6.69. The number of nitrogens with one attached hydrogen (secondary N) is 4. The number of terminal acetylenes is 3. The molecule has 4 rings (SSSR count). The highest BCUT2D eigenvalue weighted by molar-refractivity contribution is 5.83. The average molecular weight is 841 g/mol. The number of hydrogen-bond donors (Lipinski definition) is 4. The van der Waals surface area contributed by atoms with Crippen molar-refractivity contribution in [1.29, 1.82) is 0 Å². The van der Waals surface area contributed by atoms with Crippen molar-refractivity contribution in [1.82, 2.24) is 40.4 Å². The summed E-state index contributed by atoms with van der Waals surface area (Å²) in [4.78, 5) is 66.1. The molecule has 2 heterocycles. The van der Waals surface area contributed by atoms with Crippen LogP contribution in [0.15, 0.2) is 49.6 Å². The first-order valence-electron chi connectivity index (χ1n) is 19.5. The number of benzene rings is 2. The van der Waals surface area contributed by atoms with Crippen molar-refractivity contribution < 1.29 is 28.7 Å². The van der Waals surface area contributed by atoms with Crippen molar-refractivity contribution in [3.05, 3.63) is 72.3 Å². The lowest BCUT2D eigenvalue weighted by Gasteiger charge is -2.21. The molecule has 0 aliphatic rings. The molecular weight excluding hydrogens is 773 g/mol. The third kappa shape index (κ3) is 25.9. The van der Waals surface area contributed by atoms with E-state index in [0.29, 0.717) is 37.7 Å². The molecule has 0 spiro atoms. The number of amides is 4. The molecule has 0 aliphatic heterocycles. The number of rotatable bonds is 13. The molecule has 0 unspecified atom stereocenters. The van der Waals surface area contributed by atoms with Gasteiger partial charge in [0.25, 0.3) is 0 Å². The van der Waals surface area contributed by atoms with Crippen LogP contribution in [0.25, 0.3) is 22.1 Å². The van der Waals surface area contributed by atoms with Crippen molar-refractivity contribution in [2.24, 2.45) is 0 Å². The molecule has 0 aliphatic carbocycles. The predicted molar refractivity (Wildman–Crippen MR) is 250 cm³/mol. The number of alkyl carbamates (subject to hydrolysis) is 1. The fourth-order valence-electron chi connectivity index (χ4n) is 4.63. The number of aromatic nitrogens is 4. The molecule has 0 saturated carbocycles. The summed E-state index contributed by atoms with van der Waals surface area (Å²) in [7, 11) is 4.50. The number of imidazole rings is 2. The first-order valence-corrected chi connectivity index (χ1v) is 19.5. The zero-order chi connectivity index (χ0) is 47.6. The van der Waals surface area contributed by atoms with Gasteiger partial charge in [-0.25, -0.2) is 14.8 Å².